The molecule has 1 heterocycles. The van der Waals surface area contributed by atoms with Gasteiger partial charge in [-0.15, -0.1) is 4.99 Å². The number of benzene rings is 2. The molecule has 5 heteroatoms. The first-order valence-electron chi connectivity index (χ1n) is 8.17. The molecule has 1 aliphatic rings. The maximum absolute atomic E-state index is 11.9. The van der Waals surface area contributed by atoms with E-state index >= 15 is 0 Å². The van der Waals surface area contributed by atoms with Crippen LogP contribution in [-0.4, -0.2) is 16.1 Å². The molecule has 1 aliphatic carbocycles. The number of aromatic nitrogens is 2. The van der Waals surface area contributed by atoms with Crippen molar-refractivity contribution in [2.45, 2.75) is 32.3 Å². The topological polar surface area (TPSA) is 70.2 Å². The predicted molar refractivity (Wildman–Crippen MR) is 91.6 cm³/mol. The van der Waals surface area contributed by atoms with Crippen LogP contribution in [0.5, 0.6) is 0 Å². The van der Waals surface area contributed by atoms with Crippen LogP contribution in [0.2, 0.25) is 0 Å². The minimum absolute atomic E-state index is 0.218. The van der Waals surface area contributed by atoms with Gasteiger partial charge >= 0.3 is 6.09 Å². The molecule has 0 saturated heterocycles. The number of aryl methyl sites for hydroxylation is 1. The van der Waals surface area contributed by atoms with Crippen molar-refractivity contribution >= 4 is 17.1 Å². The summed E-state index contributed by atoms with van der Waals surface area (Å²) in [6, 6.07) is 13.8. The Kier molecular flexibility index (Phi) is 3.69. The second kappa shape index (κ2) is 6.00. The van der Waals surface area contributed by atoms with E-state index in [0.29, 0.717) is 11.5 Å². The van der Waals surface area contributed by atoms with Gasteiger partial charge in [0.1, 0.15) is 6.61 Å². The number of carbonyl (C=O) groups is 1. The molecule has 1 aromatic heterocycles. The predicted octanol–water partition coefficient (Wildman–Crippen LogP) is 3.92. The maximum Gasteiger partial charge on any atom is 0.437 e. The van der Waals surface area contributed by atoms with E-state index < -0.39 is 6.09 Å². The lowest BCUT2D eigenvalue weighted by Gasteiger charge is -2.01. The molecule has 0 aliphatic heterocycles. The molecular formula is C19H19N3O2. The smallest absolute Gasteiger partial charge is 0.437 e. The molecular weight excluding hydrogens is 302 g/mol. The molecule has 2 aromatic carbocycles. The number of H-pyrrole nitrogens is 2. The van der Waals surface area contributed by atoms with E-state index in [0.717, 1.165) is 16.6 Å². The lowest BCUT2D eigenvalue weighted by Crippen LogP contribution is -2.11. The van der Waals surface area contributed by atoms with Crippen molar-refractivity contribution in [2.75, 3.05) is 0 Å². The molecule has 0 radical (unpaired) electrons. The Balaban J connectivity index is 1.58. The molecule has 24 heavy (non-hydrogen) atoms. The number of hydrogen-bond acceptors (Lipinski definition) is 2. The molecule has 0 unspecified atom stereocenters. The summed E-state index contributed by atoms with van der Waals surface area (Å²) in [4.78, 5) is 22.3. The Morgan fingerprint density at radius 2 is 2.00 bits per heavy atom. The Morgan fingerprint density at radius 1 is 1.21 bits per heavy atom. The highest BCUT2D eigenvalue weighted by molar-refractivity contribution is 5.80. The van der Waals surface area contributed by atoms with Gasteiger partial charge in [0, 0.05) is 0 Å². The van der Waals surface area contributed by atoms with Crippen LogP contribution in [0.25, 0.3) is 11.0 Å². The summed E-state index contributed by atoms with van der Waals surface area (Å²) in [6.45, 7) is 2.30. The zero-order valence-corrected chi connectivity index (χ0v) is 13.5. The molecule has 2 N–H and O–H groups in total. The lowest BCUT2D eigenvalue weighted by molar-refractivity contribution is 0.149. The highest BCUT2D eigenvalue weighted by Crippen LogP contribution is 2.42. The van der Waals surface area contributed by atoms with Crippen LogP contribution in [-0.2, 0) is 11.3 Å². The van der Waals surface area contributed by atoms with Crippen molar-refractivity contribution in [3.8, 4) is 0 Å². The third-order valence-corrected chi connectivity index (χ3v) is 4.24. The summed E-state index contributed by atoms with van der Waals surface area (Å²) in [6.07, 6.45) is 1.85. The molecule has 0 bridgehead atoms. The molecule has 4 rings (SSSR count). The Labute approximate surface area is 139 Å². The second-order valence-electron chi connectivity index (χ2n) is 6.30. The molecule has 1 amide bonds. The van der Waals surface area contributed by atoms with E-state index in [1.165, 1.54) is 24.0 Å². The van der Waals surface area contributed by atoms with Crippen LogP contribution in [0, 0.1) is 6.92 Å². The minimum atomic E-state index is -0.605. The zero-order valence-electron chi connectivity index (χ0n) is 13.5. The highest BCUT2D eigenvalue weighted by atomic mass is 16.5. The van der Waals surface area contributed by atoms with Crippen molar-refractivity contribution in [1.82, 2.24) is 9.97 Å². The van der Waals surface area contributed by atoms with Gasteiger partial charge in [-0.05, 0) is 48.4 Å². The fourth-order valence-corrected chi connectivity index (χ4v) is 2.94. The lowest BCUT2D eigenvalue weighted by atomic mass is 10.1. The summed E-state index contributed by atoms with van der Waals surface area (Å²) in [5.74, 6) is 0.623. The van der Waals surface area contributed by atoms with Crippen LogP contribution < -0.4 is 5.62 Å². The number of carbonyl (C=O) groups excluding carboxylic acids is 1. The number of nitrogens with zero attached hydrogens (tertiary/aromatic N) is 1. The monoisotopic (exact) mass is 321 g/mol. The van der Waals surface area contributed by atoms with Crippen LogP contribution in [0.15, 0.2) is 47.5 Å². The SMILES string of the molecule is Cc1cc(C2CC2)c2[nH]/c(=N/C(=O)OCc3ccccc3)[nH]c2c1. The normalized spacial score (nSPS) is 15.0. The summed E-state index contributed by atoms with van der Waals surface area (Å²) in [5, 5.41) is 0. The number of hydrogen-bond donors (Lipinski definition) is 2. The van der Waals surface area contributed by atoms with Crippen molar-refractivity contribution in [3.63, 3.8) is 0 Å². The summed E-state index contributed by atoms with van der Waals surface area (Å²) in [5.41, 5.74) is 5.89. The Bertz CT molecular complexity index is 950. The molecule has 122 valence electrons. The average molecular weight is 321 g/mol. The van der Waals surface area contributed by atoms with Crippen LogP contribution in [0.4, 0.5) is 4.79 Å². The Morgan fingerprint density at radius 3 is 2.75 bits per heavy atom. The van der Waals surface area contributed by atoms with Crippen LogP contribution in [0.3, 0.4) is 0 Å². The quantitative estimate of drug-likeness (QED) is 0.767. The minimum Gasteiger partial charge on any atom is -0.443 e. The van der Waals surface area contributed by atoms with E-state index in [1.807, 2.05) is 30.3 Å². The van der Waals surface area contributed by atoms with E-state index in [1.54, 1.807) is 0 Å². The number of rotatable bonds is 3. The number of fused-ring (bicyclic) bond motifs is 1. The summed E-state index contributed by atoms with van der Waals surface area (Å²) in [7, 11) is 0. The van der Waals surface area contributed by atoms with E-state index in [-0.39, 0.29) is 6.61 Å². The number of aromatic amines is 2. The van der Waals surface area contributed by atoms with E-state index in [4.69, 9.17) is 4.74 Å². The van der Waals surface area contributed by atoms with Gasteiger partial charge in [0.2, 0.25) is 5.62 Å². The molecule has 1 fully saturated rings. The first-order valence-corrected chi connectivity index (χ1v) is 8.17. The van der Waals surface area contributed by atoms with E-state index in [2.05, 4.69) is 34.0 Å². The van der Waals surface area contributed by atoms with Gasteiger partial charge in [-0.3, -0.25) is 0 Å². The van der Waals surface area contributed by atoms with Gasteiger partial charge in [-0.1, -0.05) is 36.4 Å². The first kappa shape index (κ1) is 14.8. The van der Waals surface area contributed by atoms with Gasteiger partial charge in [0.15, 0.2) is 0 Å². The molecule has 0 spiro atoms. The summed E-state index contributed by atoms with van der Waals surface area (Å²) < 4.78 is 5.20. The average Bonchev–Trinajstić information content (AvgIpc) is 3.34. The molecule has 1 saturated carbocycles. The molecule has 0 atom stereocenters. The standard InChI is InChI=1S/C19H19N3O2/c1-12-9-15(14-7-8-14)17-16(10-12)20-18(21-17)22-19(23)24-11-13-5-3-2-4-6-13/h2-6,9-10,14H,7-8,11H2,1H3,(H2,20,21,22,23). The highest BCUT2D eigenvalue weighted by Gasteiger charge is 2.26. The largest absolute Gasteiger partial charge is 0.443 e. The second-order valence-corrected chi connectivity index (χ2v) is 6.30. The van der Waals surface area contributed by atoms with Crippen molar-refractivity contribution < 1.29 is 9.53 Å². The molecule has 5 nitrogen and oxygen atoms in total. The van der Waals surface area contributed by atoms with Gasteiger partial charge in [0.05, 0.1) is 11.0 Å². The van der Waals surface area contributed by atoms with Crippen LogP contribution in [0.1, 0.15) is 35.4 Å². The van der Waals surface area contributed by atoms with Gasteiger partial charge < -0.3 is 14.7 Å². The van der Waals surface area contributed by atoms with Gasteiger partial charge in [-0.25, -0.2) is 4.79 Å². The number of nitrogens with one attached hydrogen (secondary N) is 2. The van der Waals surface area contributed by atoms with Crippen LogP contribution >= 0.6 is 0 Å². The van der Waals surface area contributed by atoms with Crippen molar-refractivity contribution in [1.29, 1.82) is 0 Å². The number of imidazole rings is 1. The zero-order chi connectivity index (χ0) is 16.5. The number of amides is 1. The maximum atomic E-state index is 11.9. The van der Waals surface area contributed by atoms with E-state index in [9.17, 15) is 4.79 Å². The Hall–Kier alpha value is -2.82. The summed E-state index contributed by atoms with van der Waals surface area (Å²) >= 11 is 0. The van der Waals surface area contributed by atoms with Gasteiger partial charge in [0.25, 0.3) is 0 Å². The van der Waals surface area contributed by atoms with Gasteiger partial charge in [-0.2, -0.15) is 0 Å². The third kappa shape index (κ3) is 3.11. The fraction of sp³-hybridized carbons (Fsp3) is 0.263. The van der Waals surface area contributed by atoms with Crippen molar-refractivity contribution in [2.24, 2.45) is 4.99 Å². The fourth-order valence-electron chi connectivity index (χ4n) is 2.94. The third-order valence-electron chi connectivity index (χ3n) is 4.24. The van der Waals surface area contributed by atoms with Crippen molar-refractivity contribution in [3.05, 3.63) is 64.8 Å². The number of ether oxygens (including phenoxy) is 1. The first-order chi connectivity index (χ1) is 11.7. The molecule has 3 aromatic rings.